The van der Waals surface area contributed by atoms with Gasteiger partial charge in [-0.25, -0.2) is 9.59 Å². The minimum Gasteiger partial charge on any atom is -0.487 e. The maximum atomic E-state index is 11.5. The molecule has 26 heavy (non-hydrogen) atoms. The number of halogens is 1. The molecule has 0 aliphatic carbocycles. The second-order valence-electron chi connectivity index (χ2n) is 5.45. The van der Waals surface area contributed by atoms with Gasteiger partial charge in [0.2, 0.25) is 0 Å². The highest BCUT2D eigenvalue weighted by molar-refractivity contribution is 6.32. The van der Waals surface area contributed by atoms with Gasteiger partial charge in [0.25, 0.3) is 5.91 Å². The highest BCUT2D eigenvalue weighted by atomic mass is 35.5. The van der Waals surface area contributed by atoms with Gasteiger partial charge in [-0.1, -0.05) is 29.8 Å². The van der Waals surface area contributed by atoms with Gasteiger partial charge in [-0.3, -0.25) is 10.1 Å². The number of aromatic carboxylic acids is 1. The van der Waals surface area contributed by atoms with E-state index in [2.05, 4.69) is 10.6 Å². The molecule has 0 radical (unpaired) electrons. The minimum absolute atomic E-state index is 0.130. The third-order valence-corrected chi connectivity index (χ3v) is 3.85. The SMILES string of the molecule is O=C1NC(=O)/C(=C/c2ccc(OCc3cccc(C(=O)O)c3)c(Cl)c2)N1. The summed E-state index contributed by atoms with van der Waals surface area (Å²) in [6.45, 7) is 0.153. The van der Waals surface area contributed by atoms with Crippen molar-refractivity contribution < 1.29 is 24.2 Å². The molecule has 1 aliphatic heterocycles. The van der Waals surface area contributed by atoms with Gasteiger partial charge >= 0.3 is 12.0 Å². The molecule has 3 rings (SSSR count). The van der Waals surface area contributed by atoms with Crippen LogP contribution in [0.2, 0.25) is 5.02 Å². The van der Waals surface area contributed by atoms with E-state index in [1.807, 2.05) is 0 Å². The van der Waals surface area contributed by atoms with Crippen LogP contribution in [0, 0.1) is 0 Å². The average Bonchev–Trinajstić information content (AvgIpc) is 2.91. The van der Waals surface area contributed by atoms with Crippen molar-refractivity contribution in [2.75, 3.05) is 0 Å². The number of amides is 3. The molecule has 0 aromatic heterocycles. The number of carboxylic acids is 1. The monoisotopic (exact) mass is 372 g/mol. The van der Waals surface area contributed by atoms with Crippen LogP contribution >= 0.6 is 11.6 Å². The first-order chi connectivity index (χ1) is 12.4. The Morgan fingerprint density at radius 3 is 2.62 bits per heavy atom. The predicted octanol–water partition coefficient (Wildman–Crippen LogP) is 2.80. The molecule has 0 unspecified atom stereocenters. The molecule has 132 valence electrons. The zero-order valence-electron chi connectivity index (χ0n) is 13.3. The molecular formula is C18H13ClN2O5. The van der Waals surface area contributed by atoms with Gasteiger partial charge in [-0.2, -0.15) is 0 Å². The van der Waals surface area contributed by atoms with E-state index in [-0.39, 0.29) is 17.9 Å². The number of imide groups is 1. The third kappa shape index (κ3) is 4.01. The number of carboxylic acid groups (broad SMARTS) is 1. The summed E-state index contributed by atoms with van der Waals surface area (Å²) >= 11 is 6.19. The number of carbonyl (C=O) groups excluding carboxylic acids is 2. The van der Waals surface area contributed by atoms with Gasteiger partial charge in [0.1, 0.15) is 18.1 Å². The number of rotatable bonds is 5. The number of nitrogens with one attached hydrogen (secondary N) is 2. The Balaban J connectivity index is 1.71. The molecule has 1 heterocycles. The molecule has 8 heteroatoms. The van der Waals surface area contributed by atoms with Gasteiger partial charge in [0, 0.05) is 0 Å². The molecule has 1 aliphatic rings. The Bertz CT molecular complexity index is 939. The second-order valence-corrected chi connectivity index (χ2v) is 5.86. The lowest BCUT2D eigenvalue weighted by Crippen LogP contribution is -2.22. The fourth-order valence-electron chi connectivity index (χ4n) is 2.33. The van der Waals surface area contributed by atoms with E-state index in [0.29, 0.717) is 21.9 Å². The number of ether oxygens (including phenoxy) is 1. The lowest BCUT2D eigenvalue weighted by Gasteiger charge is -2.09. The number of hydrogen-bond donors (Lipinski definition) is 3. The first-order valence-corrected chi connectivity index (χ1v) is 7.89. The summed E-state index contributed by atoms with van der Waals surface area (Å²) in [4.78, 5) is 33.6. The second kappa shape index (κ2) is 7.28. The molecule has 0 spiro atoms. The van der Waals surface area contributed by atoms with E-state index < -0.39 is 17.9 Å². The summed E-state index contributed by atoms with van der Waals surface area (Å²) in [5.74, 6) is -1.11. The van der Waals surface area contributed by atoms with Crippen molar-refractivity contribution in [1.29, 1.82) is 0 Å². The van der Waals surface area contributed by atoms with Crippen LogP contribution in [0.4, 0.5) is 4.79 Å². The Morgan fingerprint density at radius 1 is 1.15 bits per heavy atom. The van der Waals surface area contributed by atoms with Crippen molar-refractivity contribution in [3.63, 3.8) is 0 Å². The fraction of sp³-hybridized carbons (Fsp3) is 0.0556. The van der Waals surface area contributed by atoms with Crippen LogP contribution in [0.15, 0.2) is 48.2 Å². The van der Waals surface area contributed by atoms with Crippen LogP contribution in [0.1, 0.15) is 21.5 Å². The highest BCUT2D eigenvalue weighted by Crippen LogP contribution is 2.27. The van der Waals surface area contributed by atoms with Crippen LogP contribution in [-0.4, -0.2) is 23.0 Å². The molecular weight excluding hydrogens is 360 g/mol. The normalized spacial score (nSPS) is 14.9. The first-order valence-electron chi connectivity index (χ1n) is 7.51. The van der Waals surface area contributed by atoms with Crippen LogP contribution in [-0.2, 0) is 11.4 Å². The number of urea groups is 1. The maximum absolute atomic E-state index is 11.5. The number of hydrogen-bond acceptors (Lipinski definition) is 4. The quantitative estimate of drug-likeness (QED) is 0.553. The molecule has 1 saturated heterocycles. The maximum Gasteiger partial charge on any atom is 0.335 e. The van der Waals surface area contributed by atoms with Gasteiger partial charge in [-0.05, 0) is 41.5 Å². The van der Waals surface area contributed by atoms with Crippen LogP contribution < -0.4 is 15.4 Å². The van der Waals surface area contributed by atoms with Gasteiger partial charge in [0.15, 0.2) is 0 Å². The van der Waals surface area contributed by atoms with E-state index in [0.717, 1.165) is 0 Å². The Labute approximate surface area is 153 Å². The summed E-state index contributed by atoms with van der Waals surface area (Å²) in [6.07, 6.45) is 1.49. The Morgan fingerprint density at radius 2 is 1.96 bits per heavy atom. The molecule has 2 aromatic rings. The molecule has 0 atom stereocenters. The van der Waals surface area contributed by atoms with Crippen molar-refractivity contribution in [3.8, 4) is 5.75 Å². The number of carbonyl (C=O) groups is 3. The van der Waals surface area contributed by atoms with E-state index in [4.69, 9.17) is 21.4 Å². The fourth-order valence-corrected chi connectivity index (χ4v) is 2.57. The third-order valence-electron chi connectivity index (χ3n) is 3.56. The van der Waals surface area contributed by atoms with Crippen LogP contribution in [0.5, 0.6) is 5.75 Å². The summed E-state index contributed by atoms with van der Waals surface area (Å²) in [7, 11) is 0. The summed E-state index contributed by atoms with van der Waals surface area (Å²) in [6, 6.07) is 10.7. The van der Waals surface area contributed by atoms with Crippen LogP contribution in [0.25, 0.3) is 6.08 Å². The number of benzene rings is 2. The lowest BCUT2D eigenvalue weighted by molar-refractivity contribution is -0.115. The molecule has 3 amide bonds. The van der Waals surface area contributed by atoms with E-state index in [1.54, 1.807) is 30.3 Å². The molecule has 3 N–H and O–H groups in total. The topological polar surface area (TPSA) is 105 Å². The van der Waals surface area contributed by atoms with Crippen LogP contribution in [0.3, 0.4) is 0 Å². The standard InChI is InChI=1S/C18H13ClN2O5/c19-13-7-10(8-14-16(22)21-18(25)20-14)4-5-15(13)26-9-11-2-1-3-12(6-11)17(23)24/h1-8H,9H2,(H,23,24)(H2,20,21,22,25)/b14-8-. The van der Waals surface area contributed by atoms with Crippen molar-refractivity contribution in [1.82, 2.24) is 10.6 Å². The molecule has 7 nitrogen and oxygen atoms in total. The van der Waals surface area contributed by atoms with Gasteiger partial charge in [0.05, 0.1) is 10.6 Å². The molecule has 1 fully saturated rings. The molecule has 0 bridgehead atoms. The van der Waals surface area contributed by atoms with E-state index >= 15 is 0 Å². The largest absolute Gasteiger partial charge is 0.487 e. The zero-order valence-corrected chi connectivity index (χ0v) is 14.0. The Hall–Kier alpha value is -3.32. The van der Waals surface area contributed by atoms with Crippen molar-refractivity contribution >= 4 is 35.6 Å². The predicted molar refractivity (Wildman–Crippen MR) is 93.8 cm³/mol. The van der Waals surface area contributed by atoms with Crippen molar-refractivity contribution in [3.05, 3.63) is 69.9 Å². The smallest absolute Gasteiger partial charge is 0.335 e. The highest BCUT2D eigenvalue weighted by Gasteiger charge is 2.22. The minimum atomic E-state index is -1.01. The molecule has 0 saturated carbocycles. The Kier molecular flexibility index (Phi) is 4.90. The lowest BCUT2D eigenvalue weighted by atomic mass is 10.1. The molecule has 2 aromatic carbocycles. The van der Waals surface area contributed by atoms with E-state index in [9.17, 15) is 14.4 Å². The van der Waals surface area contributed by atoms with Crippen molar-refractivity contribution in [2.45, 2.75) is 6.61 Å². The summed E-state index contributed by atoms with van der Waals surface area (Å²) in [5, 5.41) is 13.8. The van der Waals surface area contributed by atoms with Gasteiger partial charge < -0.3 is 15.2 Å². The van der Waals surface area contributed by atoms with Gasteiger partial charge in [-0.15, -0.1) is 0 Å². The zero-order chi connectivity index (χ0) is 18.7. The first kappa shape index (κ1) is 17.5. The van der Waals surface area contributed by atoms with Crippen molar-refractivity contribution in [2.24, 2.45) is 0 Å². The van der Waals surface area contributed by atoms with E-state index in [1.165, 1.54) is 18.2 Å². The summed E-state index contributed by atoms with van der Waals surface area (Å²) in [5.41, 5.74) is 1.61. The summed E-state index contributed by atoms with van der Waals surface area (Å²) < 4.78 is 5.63. The average molecular weight is 373 g/mol.